The molecule has 21 heavy (non-hydrogen) atoms. The number of aromatic nitrogens is 1. The maximum Gasteiger partial charge on any atom is 0.319 e. The highest BCUT2D eigenvalue weighted by atomic mass is 35.5. The number of nitrogens with zero attached hydrogens (tertiary/aromatic N) is 3. The van der Waals surface area contributed by atoms with Gasteiger partial charge in [-0.15, -0.1) is 0 Å². The number of carbonyl (C=O) groups is 2. The van der Waals surface area contributed by atoms with Crippen molar-refractivity contribution in [1.29, 1.82) is 0 Å². The van der Waals surface area contributed by atoms with Crippen molar-refractivity contribution >= 4 is 29.1 Å². The number of hydrogen-bond donors (Lipinski definition) is 1. The Hall–Kier alpha value is -2.22. The summed E-state index contributed by atoms with van der Waals surface area (Å²) >= 11 is 5.67. The van der Waals surface area contributed by atoms with Crippen molar-refractivity contribution in [1.82, 2.24) is 9.88 Å². The number of carbonyl (C=O) groups excluding carboxylic acids is 2. The number of amides is 2. The van der Waals surface area contributed by atoms with Crippen LogP contribution in [0.15, 0.2) is 12.3 Å². The van der Waals surface area contributed by atoms with E-state index in [0.717, 1.165) is 4.90 Å². The second-order valence-corrected chi connectivity index (χ2v) is 5.16. The quantitative estimate of drug-likeness (QED) is 0.481. The molecule has 8 nitrogen and oxygen atoms in total. The van der Waals surface area contributed by atoms with E-state index in [1.54, 1.807) is 0 Å². The van der Waals surface area contributed by atoms with Crippen LogP contribution in [0, 0.1) is 16.0 Å². The normalized spacial score (nSPS) is 10.5. The molecule has 1 heterocycles. The van der Waals surface area contributed by atoms with E-state index in [1.807, 2.05) is 13.8 Å². The second kappa shape index (κ2) is 6.98. The van der Waals surface area contributed by atoms with E-state index in [1.165, 1.54) is 12.3 Å². The van der Waals surface area contributed by atoms with Gasteiger partial charge in [-0.05, 0) is 12.0 Å². The highest BCUT2D eigenvalue weighted by Crippen LogP contribution is 2.27. The number of nitro groups is 1. The summed E-state index contributed by atoms with van der Waals surface area (Å²) in [6.07, 6.45) is 1.19. The number of primary amides is 1. The molecule has 0 bridgehead atoms. The van der Waals surface area contributed by atoms with Gasteiger partial charge in [0.1, 0.15) is 5.56 Å². The minimum Gasteiger partial charge on any atom is -0.368 e. The topological polar surface area (TPSA) is 119 Å². The van der Waals surface area contributed by atoms with Crippen molar-refractivity contribution in [2.24, 2.45) is 11.7 Å². The van der Waals surface area contributed by atoms with Gasteiger partial charge in [-0.1, -0.05) is 25.4 Å². The lowest BCUT2D eigenvalue weighted by molar-refractivity contribution is -0.385. The van der Waals surface area contributed by atoms with Crippen LogP contribution in [-0.2, 0) is 4.79 Å². The van der Waals surface area contributed by atoms with Crippen LogP contribution < -0.4 is 5.73 Å². The predicted octanol–water partition coefficient (Wildman–Crippen LogP) is 1.23. The van der Waals surface area contributed by atoms with E-state index in [4.69, 9.17) is 17.3 Å². The van der Waals surface area contributed by atoms with E-state index in [9.17, 15) is 19.7 Å². The number of hydrogen-bond acceptors (Lipinski definition) is 5. The fourth-order valence-electron chi connectivity index (χ4n) is 1.79. The van der Waals surface area contributed by atoms with Gasteiger partial charge < -0.3 is 10.6 Å². The first-order valence-corrected chi connectivity index (χ1v) is 6.48. The molecule has 1 aromatic rings. The van der Waals surface area contributed by atoms with E-state index < -0.39 is 22.4 Å². The van der Waals surface area contributed by atoms with Gasteiger partial charge in [0.2, 0.25) is 11.1 Å². The Morgan fingerprint density at radius 1 is 1.52 bits per heavy atom. The molecule has 0 fully saturated rings. The summed E-state index contributed by atoms with van der Waals surface area (Å²) in [5, 5.41) is 10.7. The van der Waals surface area contributed by atoms with E-state index in [-0.39, 0.29) is 29.7 Å². The monoisotopic (exact) mass is 314 g/mol. The molecule has 0 atom stereocenters. The van der Waals surface area contributed by atoms with Gasteiger partial charge in [-0.25, -0.2) is 4.98 Å². The maximum atomic E-state index is 12.4. The Morgan fingerprint density at radius 3 is 2.62 bits per heavy atom. The van der Waals surface area contributed by atoms with Gasteiger partial charge in [-0.2, -0.15) is 0 Å². The molecule has 2 amide bonds. The van der Waals surface area contributed by atoms with Gasteiger partial charge in [-0.3, -0.25) is 19.7 Å². The number of nitrogens with two attached hydrogens (primary N) is 1. The third-order valence-electron chi connectivity index (χ3n) is 2.51. The van der Waals surface area contributed by atoms with Gasteiger partial charge in [0.05, 0.1) is 11.5 Å². The van der Waals surface area contributed by atoms with Crippen LogP contribution in [0.3, 0.4) is 0 Å². The van der Waals surface area contributed by atoms with E-state index in [0.29, 0.717) is 0 Å². The summed E-state index contributed by atoms with van der Waals surface area (Å²) in [5.74, 6) is -1.32. The number of halogens is 1. The largest absolute Gasteiger partial charge is 0.368 e. The fraction of sp³-hybridized carbons (Fsp3) is 0.417. The van der Waals surface area contributed by atoms with Crippen molar-refractivity contribution in [2.45, 2.75) is 13.8 Å². The maximum absolute atomic E-state index is 12.4. The first-order valence-electron chi connectivity index (χ1n) is 6.10. The first-order chi connectivity index (χ1) is 9.73. The molecule has 0 aliphatic carbocycles. The summed E-state index contributed by atoms with van der Waals surface area (Å²) in [6.45, 7) is 3.59. The zero-order chi connectivity index (χ0) is 16.2. The highest BCUT2D eigenvalue weighted by molar-refractivity contribution is 6.32. The Bertz CT molecular complexity index is 576. The Balaban J connectivity index is 3.23. The summed E-state index contributed by atoms with van der Waals surface area (Å²) in [7, 11) is 0. The molecule has 0 aliphatic heterocycles. The average molecular weight is 315 g/mol. The summed E-state index contributed by atoms with van der Waals surface area (Å²) < 4.78 is 0. The van der Waals surface area contributed by atoms with Crippen molar-refractivity contribution in [3.8, 4) is 0 Å². The average Bonchev–Trinajstić information content (AvgIpc) is 2.35. The fourth-order valence-corrected chi connectivity index (χ4v) is 2.02. The van der Waals surface area contributed by atoms with Crippen molar-refractivity contribution in [3.05, 3.63) is 33.1 Å². The molecule has 1 rings (SSSR count). The SMILES string of the molecule is CC(C)CN(CC(N)=O)C(=O)c1ccnc(Cl)c1[N+](=O)[O-]. The third kappa shape index (κ3) is 4.38. The number of pyridine rings is 1. The molecule has 9 heteroatoms. The third-order valence-corrected chi connectivity index (χ3v) is 2.79. The Morgan fingerprint density at radius 2 is 2.14 bits per heavy atom. The predicted molar refractivity (Wildman–Crippen MR) is 75.8 cm³/mol. The molecule has 0 aliphatic rings. The van der Waals surface area contributed by atoms with Crippen LogP contribution >= 0.6 is 11.6 Å². The minimum absolute atomic E-state index is 0.0599. The molecule has 0 aromatic carbocycles. The Labute approximate surface area is 126 Å². The summed E-state index contributed by atoms with van der Waals surface area (Å²) in [5.41, 5.74) is 4.31. The van der Waals surface area contributed by atoms with Crippen LogP contribution in [0.5, 0.6) is 0 Å². The zero-order valence-electron chi connectivity index (χ0n) is 11.6. The van der Waals surface area contributed by atoms with Crippen LogP contribution in [0.2, 0.25) is 5.15 Å². The molecule has 1 aromatic heterocycles. The van der Waals surface area contributed by atoms with Crippen LogP contribution in [0.25, 0.3) is 0 Å². The molecular formula is C12H15ClN4O4. The van der Waals surface area contributed by atoms with Crippen LogP contribution in [0.1, 0.15) is 24.2 Å². The van der Waals surface area contributed by atoms with E-state index >= 15 is 0 Å². The molecular weight excluding hydrogens is 300 g/mol. The molecule has 0 unspecified atom stereocenters. The van der Waals surface area contributed by atoms with E-state index in [2.05, 4.69) is 4.98 Å². The molecule has 0 radical (unpaired) electrons. The Kier molecular flexibility index (Phi) is 5.60. The molecule has 2 N–H and O–H groups in total. The lowest BCUT2D eigenvalue weighted by atomic mass is 10.1. The lowest BCUT2D eigenvalue weighted by Crippen LogP contribution is -2.40. The smallest absolute Gasteiger partial charge is 0.319 e. The highest BCUT2D eigenvalue weighted by Gasteiger charge is 2.29. The molecule has 0 saturated heterocycles. The standard InChI is InChI=1S/C12H15ClN4O4/c1-7(2)5-16(6-9(14)18)12(19)8-3-4-15-11(13)10(8)17(20)21/h3-4,7H,5-6H2,1-2H3,(H2,14,18). The van der Waals surface area contributed by atoms with Crippen molar-refractivity contribution < 1.29 is 14.5 Å². The molecule has 0 spiro atoms. The van der Waals surface area contributed by atoms with Gasteiger partial charge >= 0.3 is 5.69 Å². The lowest BCUT2D eigenvalue weighted by Gasteiger charge is -2.23. The second-order valence-electron chi connectivity index (χ2n) is 4.80. The summed E-state index contributed by atoms with van der Waals surface area (Å²) in [6, 6.07) is 1.20. The first kappa shape index (κ1) is 16.8. The zero-order valence-corrected chi connectivity index (χ0v) is 12.3. The number of rotatable bonds is 6. The van der Waals surface area contributed by atoms with Crippen molar-refractivity contribution in [2.75, 3.05) is 13.1 Å². The van der Waals surface area contributed by atoms with Crippen LogP contribution in [0.4, 0.5) is 5.69 Å². The van der Waals surface area contributed by atoms with Gasteiger partial charge in [0, 0.05) is 12.7 Å². The van der Waals surface area contributed by atoms with Gasteiger partial charge in [0.25, 0.3) is 5.91 Å². The molecule has 0 saturated carbocycles. The minimum atomic E-state index is -0.777. The molecule has 114 valence electrons. The summed E-state index contributed by atoms with van der Waals surface area (Å²) in [4.78, 5) is 38.5. The van der Waals surface area contributed by atoms with Gasteiger partial charge in [0.15, 0.2) is 0 Å². The van der Waals surface area contributed by atoms with Crippen LogP contribution in [-0.4, -0.2) is 39.7 Å². The van der Waals surface area contributed by atoms with Crippen molar-refractivity contribution in [3.63, 3.8) is 0 Å².